The van der Waals surface area contributed by atoms with Gasteiger partial charge in [-0.25, -0.2) is 0 Å². The van der Waals surface area contributed by atoms with Gasteiger partial charge in [-0.2, -0.15) is 5.06 Å². The first kappa shape index (κ1) is 11.9. The fraction of sp³-hybridized carbons (Fsp3) is 1.00. The number of hydrogen-bond donors (Lipinski definition) is 1. The van der Waals surface area contributed by atoms with Crippen LogP contribution >= 0.6 is 0 Å². The van der Waals surface area contributed by atoms with Crippen molar-refractivity contribution in [2.45, 2.75) is 33.1 Å². The highest BCUT2D eigenvalue weighted by Gasteiger charge is 2.08. The van der Waals surface area contributed by atoms with E-state index in [9.17, 15) is 0 Å². The molecule has 1 fully saturated rings. The zero-order chi connectivity index (χ0) is 9.23. The van der Waals surface area contributed by atoms with Gasteiger partial charge in [0.15, 0.2) is 0 Å². The van der Waals surface area contributed by atoms with Crippen molar-refractivity contribution in [3.8, 4) is 0 Å². The molecule has 1 rings (SSSR count). The van der Waals surface area contributed by atoms with Crippen molar-refractivity contribution in [1.82, 2.24) is 10.4 Å². The SMILES string of the molecule is CC.CNCON1CCCCC1. The normalized spacial score (nSPS) is 18.2. The third-order valence-electron chi connectivity index (χ3n) is 1.71. The highest BCUT2D eigenvalue weighted by Crippen LogP contribution is 2.07. The summed E-state index contributed by atoms with van der Waals surface area (Å²) in [4.78, 5) is 5.35. The molecule has 1 heterocycles. The van der Waals surface area contributed by atoms with Gasteiger partial charge in [0, 0.05) is 13.1 Å². The number of piperidine rings is 1. The summed E-state index contributed by atoms with van der Waals surface area (Å²) in [5.41, 5.74) is 0. The van der Waals surface area contributed by atoms with Crippen LogP contribution in [0.5, 0.6) is 0 Å². The first-order valence-corrected chi connectivity index (χ1v) is 4.96. The Hall–Kier alpha value is -0.120. The predicted molar refractivity (Wildman–Crippen MR) is 51.8 cm³/mol. The summed E-state index contributed by atoms with van der Waals surface area (Å²) in [6.45, 7) is 6.84. The topological polar surface area (TPSA) is 24.5 Å². The molecule has 0 amide bonds. The lowest BCUT2D eigenvalue weighted by Crippen LogP contribution is -2.32. The van der Waals surface area contributed by atoms with Gasteiger partial charge in [0.05, 0.1) is 0 Å². The first-order chi connectivity index (χ1) is 5.93. The van der Waals surface area contributed by atoms with Gasteiger partial charge in [0.1, 0.15) is 6.73 Å². The molecule has 0 unspecified atom stereocenters. The van der Waals surface area contributed by atoms with Crippen LogP contribution in [0.1, 0.15) is 33.1 Å². The molecule has 3 heteroatoms. The van der Waals surface area contributed by atoms with E-state index < -0.39 is 0 Å². The zero-order valence-corrected chi connectivity index (χ0v) is 8.60. The number of hydrogen-bond acceptors (Lipinski definition) is 3. The van der Waals surface area contributed by atoms with Gasteiger partial charge >= 0.3 is 0 Å². The number of nitrogens with one attached hydrogen (secondary N) is 1. The van der Waals surface area contributed by atoms with Crippen LogP contribution in [0.15, 0.2) is 0 Å². The fourth-order valence-corrected chi connectivity index (χ4v) is 1.15. The van der Waals surface area contributed by atoms with E-state index in [1.54, 1.807) is 0 Å². The summed E-state index contributed by atoms with van der Waals surface area (Å²) < 4.78 is 0. The smallest absolute Gasteiger partial charge is 0.118 e. The quantitative estimate of drug-likeness (QED) is 0.658. The Bertz CT molecular complexity index is 82.6. The molecular weight excluding hydrogens is 152 g/mol. The Morgan fingerprint density at radius 2 is 1.75 bits per heavy atom. The second-order valence-corrected chi connectivity index (χ2v) is 2.62. The van der Waals surface area contributed by atoms with Crippen molar-refractivity contribution in [3.05, 3.63) is 0 Å². The molecule has 0 aliphatic carbocycles. The van der Waals surface area contributed by atoms with Crippen LogP contribution in [-0.2, 0) is 4.84 Å². The van der Waals surface area contributed by atoms with Crippen molar-refractivity contribution in [2.24, 2.45) is 0 Å². The zero-order valence-electron chi connectivity index (χ0n) is 8.60. The van der Waals surface area contributed by atoms with E-state index in [0.29, 0.717) is 6.73 Å². The molecule has 0 saturated carbocycles. The van der Waals surface area contributed by atoms with Gasteiger partial charge in [-0.15, -0.1) is 0 Å². The lowest BCUT2D eigenvalue weighted by atomic mass is 10.2. The molecule has 12 heavy (non-hydrogen) atoms. The Morgan fingerprint density at radius 1 is 1.17 bits per heavy atom. The molecule has 0 aromatic heterocycles. The van der Waals surface area contributed by atoms with E-state index in [0.717, 1.165) is 13.1 Å². The third kappa shape index (κ3) is 5.52. The molecule has 0 aromatic carbocycles. The molecule has 0 atom stereocenters. The predicted octanol–water partition coefficient (Wildman–Crippen LogP) is 1.61. The van der Waals surface area contributed by atoms with Crippen molar-refractivity contribution in [2.75, 3.05) is 26.9 Å². The van der Waals surface area contributed by atoms with Gasteiger partial charge in [-0.3, -0.25) is 10.2 Å². The monoisotopic (exact) mass is 174 g/mol. The standard InChI is InChI=1S/C7H16N2O.C2H6/c1-8-7-10-9-5-3-2-4-6-9;1-2/h8H,2-7H2,1H3;1-2H3. The lowest BCUT2D eigenvalue weighted by molar-refractivity contribution is -0.172. The number of rotatable bonds is 3. The summed E-state index contributed by atoms with van der Waals surface area (Å²) in [7, 11) is 1.89. The average Bonchev–Trinajstić information content (AvgIpc) is 2.19. The van der Waals surface area contributed by atoms with Gasteiger partial charge < -0.3 is 0 Å². The van der Waals surface area contributed by atoms with E-state index in [4.69, 9.17) is 4.84 Å². The lowest BCUT2D eigenvalue weighted by Gasteiger charge is -2.25. The Labute approximate surface area is 76.0 Å². The van der Waals surface area contributed by atoms with Gasteiger partial charge in [-0.1, -0.05) is 20.3 Å². The minimum absolute atomic E-state index is 0.639. The molecule has 0 radical (unpaired) electrons. The summed E-state index contributed by atoms with van der Waals surface area (Å²) in [6, 6.07) is 0. The maximum absolute atomic E-state index is 5.35. The second kappa shape index (κ2) is 8.97. The molecule has 0 spiro atoms. The van der Waals surface area contributed by atoms with Crippen LogP contribution < -0.4 is 5.32 Å². The maximum Gasteiger partial charge on any atom is 0.118 e. The van der Waals surface area contributed by atoms with Crippen molar-refractivity contribution < 1.29 is 4.84 Å². The van der Waals surface area contributed by atoms with Crippen LogP contribution in [-0.4, -0.2) is 31.9 Å². The molecule has 0 bridgehead atoms. The van der Waals surface area contributed by atoms with Crippen LogP contribution in [0.2, 0.25) is 0 Å². The molecule has 1 N–H and O–H groups in total. The van der Waals surface area contributed by atoms with Crippen molar-refractivity contribution >= 4 is 0 Å². The summed E-state index contributed by atoms with van der Waals surface area (Å²) in [5.74, 6) is 0. The van der Waals surface area contributed by atoms with Crippen LogP contribution in [0.3, 0.4) is 0 Å². The molecule has 1 aliphatic heterocycles. The molecule has 0 aromatic rings. The van der Waals surface area contributed by atoms with E-state index in [-0.39, 0.29) is 0 Å². The van der Waals surface area contributed by atoms with E-state index >= 15 is 0 Å². The van der Waals surface area contributed by atoms with Crippen LogP contribution in [0.25, 0.3) is 0 Å². The summed E-state index contributed by atoms with van der Waals surface area (Å²) in [5, 5.41) is 4.99. The minimum atomic E-state index is 0.639. The Kier molecular flexibility index (Phi) is 8.88. The maximum atomic E-state index is 5.35. The summed E-state index contributed by atoms with van der Waals surface area (Å²) in [6.07, 6.45) is 3.92. The highest BCUT2D eigenvalue weighted by molar-refractivity contribution is 4.55. The second-order valence-electron chi connectivity index (χ2n) is 2.62. The highest BCUT2D eigenvalue weighted by atomic mass is 16.7. The van der Waals surface area contributed by atoms with Crippen LogP contribution in [0.4, 0.5) is 0 Å². The molecule has 74 valence electrons. The first-order valence-electron chi connectivity index (χ1n) is 4.96. The van der Waals surface area contributed by atoms with E-state index in [1.807, 2.05) is 26.0 Å². The van der Waals surface area contributed by atoms with Crippen molar-refractivity contribution in [1.29, 1.82) is 0 Å². The Morgan fingerprint density at radius 3 is 2.25 bits per heavy atom. The largest absolute Gasteiger partial charge is 0.296 e. The van der Waals surface area contributed by atoms with E-state index in [1.165, 1.54) is 19.3 Å². The number of hydroxylamine groups is 2. The molecule has 1 aliphatic rings. The number of nitrogens with zero attached hydrogens (tertiary/aromatic N) is 1. The fourth-order valence-electron chi connectivity index (χ4n) is 1.15. The van der Waals surface area contributed by atoms with Gasteiger partial charge in [0.2, 0.25) is 0 Å². The molecule has 1 saturated heterocycles. The summed E-state index contributed by atoms with van der Waals surface area (Å²) >= 11 is 0. The van der Waals surface area contributed by atoms with Gasteiger partial charge in [-0.05, 0) is 19.9 Å². The Balaban J connectivity index is 0.000000561. The molecule has 3 nitrogen and oxygen atoms in total. The third-order valence-corrected chi connectivity index (χ3v) is 1.71. The minimum Gasteiger partial charge on any atom is -0.296 e. The average molecular weight is 174 g/mol. The van der Waals surface area contributed by atoms with Gasteiger partial charge in [0.25, 0.3) is 0 Å². The van der Waals surface area contributed by atoms with Crippen molar-refractivity contribution in [3.63, 3.8) is 0 Å². The van der Waals surface area contributed by atoms with Crippen LogP contribution in [0, 0.1) is 0 Å². The van der Waals surface area contributed by atoms with E-state index in [2.05, 4.69) is 5.32 Å². The molecular formula is C9H22N2O.